The first-order chi connectivity index (χ1) is 14.5. The minimum Gasteiger partial charge on any atom is -0.493 e. The van der Waals surface area contributed by atoms with Crippen LogP contribution in [0.25, 0.3) is 6.08 Å². The Bertz CT molecular complexity index is 868. The predicted molar refractivity (Wildman–Crippen MR) is 114 cm³/mol. The number of benzene rings is 2. The van der Waals surface area contributed by atoms with Gasteiger partial charge in [-0.25, -0.2) is 0 Å². The first-order valence-corrected chi connectivity index (χ1v) is 9.29. The van der Waals surface area contributed by atoms with Gasteiger partial charge in [0, 0.05) is 18.3 Å². The summed E-state index contributed by atoms with van der Waals surface area (Å²) >= 11 is 0. The van der Waals surface area contributed by atoms with Gasteiger partial charge in [-0.15, -0.1) is 0 Å². The summed E-state index contributed by atoms with van der Waals surface area (Å²) in [6, 6.07) is 10.2. The monoisotopic (exact) mass is 414 g/mol. The molecule has 2 aromatic rings. The van der Waals surface area contributed by atoms with Crippen molar-refractivity contribution < 1.29 is 28.5 Å². The van der Waals surface area contributed by atoms with Gasteiger partial charge in [0.2, 0.25) is 11.7 Å². The summed E-state index contributed by atoms with van der Waals surface area (Å²) in [6.07, 6.45) is 3.05. The number of amides is 2. The second kappa shape index (κ2) is 11.4. The summed E-state index contributed by atoms with van der Waals surface area (Å²) in [6.45, 7) is 2.33. The van der Waals surface area contributed by atoms with Crippen molar-refractivity contribution in [2.75, 3.05) is 39.8 Å². The lowest BCUT2D eigenvalue weighted by Gasteiger charge is -2.12. The highest BCUT2D eigenvalue weighted by molar-refractivity contribution is 6.02. The third kappa shape index (κ3) is 6.44. The molecule has 0 radical (unpaired) electrons. The van der Waals surface area contributed by atoms with Crippen molar-refractivity contribution in [2.24, 2.45) is 0 Å². The molecule has 0 unspecified atom stereocenters. The van der Waals surface area contributed by atoms with Gasteiger partial charge in [-0.1, -0.05) is 0 Å². The molecule has 0 aliphatic carbocycles. The van der Waals surface area contributed by atoms with Gasteiger partial charge in [0.1, 0.15) is 5.75 Å². The number of nitrogens with one attached hydrogen (secondary N) is 2. The summed E-state index contributed by atoms with van der Waals surface area (Å²) in [5.74, 6) is 1.52. The lowest BCUT2D eigenvalue weighted by atomic mass is 10.1. The van der Waals surface area contributed by atoms with Gasteiger partial charge < -0.3 is 29.6 Å². The van der Waals surface area contributed by atoms with Crippen molar-refractivity contribution in [1.82, 2.24) is 5.32 Å². The summed E-state index contributed by atoms with van der Waals surface area (Å²) in [4.78, 5) is 23.6. The van der Waals surface area contributed by atoms with Gasteiger partial charge in [-0.05, 0) is 55.0 Å². The molecule has 0 aliphatic rings. The molecule has 8 nitrogen and oxygen atoms in total. The predicted octanol–water partition coefficient (Wildman–Crippen LogP) is 2.88. The van der Waals surface area contributed by atoms with E-state index in [1.807, 2.05) is 6.92 Å². The maximum Gasteiger partial charge on any atom is 0.257 e. The molecule has 30 heavy (non-hydrogen) atoms. The van der Waals surface area contributed by atoms with E-state index in [1.54, 1.807) is 42.5 Å². The Morgan fingerprint density at radius 2 is 1.60 bits per heavy atom. The molecule has 0 spiro atoms. The molecule has 0 atom stereocenters. The zero-order chi connectivity index (χ0) is 21.9. The second-order valence-corrected chi connectivity index (χ2v) is 6.05. The van der Waals surface area contributed by atoms with E-state index in [0.717, 1.165) is 0 Å². The van der Waals surface area contributed by atoms with Crippen molar-refractivity contribution in [1.29, 1.82) is 0 Å². The molecule has 0 aliphatic heterocycles. The fourth-order valence-corrected chi connectivity index (χ4v) is 2.59. The van der Waals surface area contributed by atoms with E-state index in [4.69, 9.17) is 18.9 Å². The lowest BCUT2D eigenvalue weighted by Crippen LogP contribution is -2.28. The third-order valence-corrected chi connectivity index (χ3v) is 3.98. The molecule has 0 heterocycles. The van der Waals surface area contributed by atoms with Crippen LogP contribution in [0.3, 0.4) is 0 Å². The summed E-state index contributed by atoms with van der Waals surface area (Å²) in [5, 5.41) is 5.41. The Morgan fingerprint density at radius 1 is 0.967 bits per heavy atom. The van der Waals surface area contributed by atoms with Crippen molar-refractivity contribution in [3.8, 4) is 23.0 Å². The van der Waals surface area contributed by atoms with E-state index >= 15 is 0 Å². The molecule has 0 saturated carbocycles. The molecule has 2 amide bonds. The number of hydrogen-bond acceptors (Lipinski definition) is 6. The Kier molecular flexibility index (Phi) is 8.56. The quantitative estimate of drug-likeness (QED) is 0.581. The maximum atomic E-state index is 12.2. The topological polar surface area (TPSA) is 95.1 Å². The smallest absolute Gasteiger partial charge is 0.257 e. The van der Waals surface area contributed by atoms with Crippen LogP contribution in [-0.4, -0.2) is 46.3 Å². The number of carbonyl (C=O) groups excluding carboxylic acids is 2. The summed E-state index contributed by atoms with van der Waals surface area (Å²) in [7, 11) is 4.59. The van der Waals surface area contributed by atoms with Crippen LogP contribution in [0.2, 0.25) is 0 Å². The zero-order valence-corrected chi connectivity index (χ0v) is 17.5. The largest absolute Gasteiger partial charge is 0.493 e. The number of rotatable bonds is 10. The first kappa shape index (κ1) is 22.6. The van der Waals surface area contributed by atoms with Gasteiger partial charge >= 0.3 is 0 Å². The highest BCUT2D eigenvalue weighted by Gasteiger charge is 2.12. The average Bonchev–Trinajstić information content (AvgIpc) is 2.76. The second-order valence-electron chi connectivity index (χ2n) is 6.05. The van der Waals surface area contributed by atoms with Gasteiger partial charge in [-0.2, -0.15) is 0 Å². The van der Waals surface area contributed by atoms with Crippen LogP contribution in [-0.2, 0) is 9.59 Å². The highest BCUT2D eigenvalue weighted by Crippen LogP contribution is 2.38. The van der Waals surface area contributed by atoms with Crippen LogP contribution in [0.15, 0.2) is 42.5 Å². The van der Waals surface area contributed by atoms with E-state index < -0.39 is 0 Å². The Labute approximate surface area is 175 Å². The lowest BCUT2D eigenvalue weighted by molar-refractivity contribution is -0.123. The van der Waals surface area contributed by atoms with E-state index in [0.29, 0.717) is 40.8 Å². The van der Waals surface area contributed by atoms with Gasteiger partial charge in [0.15, 0.2) is 18.1 Å². The fourth-order valence-electron chi connectivity index (χ4n) is 2.59. The molecule has 160 valence electrons. The van der Waals surface area contributed by atoms with Crippen LogP contribution >= 0.6 is 0 Å². The number of hydrogen-bond donors (Lipinski definition) is 2. The Hall–Kier alpha value is -3.68. The van der Waals surface area contributed by atoms with Crippen molar-refractivity contribution in [3.05, 3.63) is 48.0 Å². The number of anilines is 1. The van der Waals surface area contributed by atoms with E-state index in [9.17, 15) is 9.59 Å². The minimum absolute atomic E-state index is 0.0585. The normalized spacial score (nSPS) is 10.4. The van der Waals surface area contributed by atoms with Crippen LogP contribution in [0.5, 0.6) is 23.0 Å². The number of likely N-dealkylation sites (N-methyl/N-ethyl adjacent to an activating group) is 1. The summed E-state index contributed by atoms with van der Waals surface area (Å²) in [5.41, 5.74) is 1.31. The third-order valence-electron chi connectivity index (χ3n) is 3.98. The molecule has 0 saturated heterocycles. The maximum absolute atomic E-state index is 12.2. The fraction of sp³-hybridized carbons (Fsp3) is 0.273. The first-order valence-electron chi connectivity index (χ1n) is 9.29. The SMILES string of the molecule is CCNC(=O)COc1ccc(NC(=O)/C=C/c2cc(OC)c(OC)c(OC)c2)cc1. The standard InChI is InChI=1S/C22H26N2O6/c1-5-23-21(26)14-30-17-9-7-16(8-10-17)24-20(25)11-6-15-12-18(27-2)22(29-4)19(13-15)28-3/h6-13H,5,14H2,1-4H3,(H,23,26)(H,24,25)/b11-6+. The molecule has 2 aromatic carbocycles. The van der Waals surface area contributed by atoms with Crippen molar-refractivity contribution in [3.63, 3.8) is 0 Å². The minimum atomic E-state index is -0.306. The van der Waals surface area contributed by atoms with E-state index in [2.05, 4.69) is 10.6 Å². The zero-order valence-electron chi connectivity index (χ0n) is 17.5. The molecular formula is C22H26N2O6. The van der Waals surface area contributed by atoms with Crippen molar-refractivity contribution >= 4 is 23.6 Å². The molecule has 2 rings (SSSR count). The molecule has 0 fully saturated rings. The molecule has 2 N–H and O–H groups in total. The number of methoxy groups -OCH3 is 3. The van der Waals surface area contributed by atoms with Gasteiger partial charge in [0.25, 0.3) is 5.91 Å². The molecule has 0 bridgehead atoms. The van der Waals surface area contributed by atoms with Crippen LogP contribution < -0.4 is 29.6 Å². The van der Waals surface area contributed by atoms with Gasteiger partial charge in [-0.3, -0.25) is 9.59 Å². The molecule has 0 aromatic heterocycles. The van der Waals surface area contributed by atoms with E-state index in [1.165, 1.54) is 27.4 Å². The van der Waals surface area contributed by atoms with Gasteiger partial charge in [0.05, 0.1) is 21.3 Å². The van der Waals surface area contributed by atoms with E-state index in [-0.39, 0.29) is 18.4 Å². The average molecular weight is 414 g/mol. The number of ether oxygens (including phenoxy) is 4. The Balaban J connectivity index is 1.98. The summed E-state index contributed by atoms with van der Waals surface area (Å²) < 4.78 is 21.3. The molecular weight excluding hydrogens is 388 g/mol. The van der Waals surface area contributed by atoms with Crippen LogP contribution in [0.4, 0.5) is 5.69 Å². The van der Waals surface area contributed by atoms with Crippen LogP contribution in [0.1, 0.15) is 12.5 Å². The molecule has 8 heteroatoms. The Morgan fingerprint density at radius 3 is 2.13 bits per heavy atom. The highest BCUT2D eigenvalue weighted by atomic mass is 16.5. The number of carbonyl (C=O) groups is 2. The van der Waals surface area contributed by atoms with Crippen LogP contribution in [0, 0.1) is 0 Å². The van der Waals surface area contributed by atoms with Crippen molar-refractivity contribution in [2.45, 2.75) is 6.92 Å².